The normalized spacial score (nSPS) is 50.1. The third-order valence-corrected chi connectivity index (χ3v) is 13.7. The van der Waals surface area contributed by atoms with E-state index in [9.17, 15) is 24.6 Å². The van der Waals surface area contributed by atoms with Crippen molar-refractivity contribution >= 4 is 17.7 Å². The van der Waals surface area contributed by atoms with Gasteiger partial charge in [-0.3, -0.25) is 14.4 Å². The first-order valence-corrected chi connectivity index (χ1v) is 14.7. The fourth-order valence-corrected chi connectivity index (χ4v) is 11.8. The number of aliphatic carboxylic acids is 1. The summed E-state index contributed by atoms with van der Waals surface area (Å²) in [5.74, 6) is -0.433. The summed E-state index contributed by atoms with van der Waals surface area (Å²) in [7, 11) is 0. The monoisotopic (exact) mass is 516 g/mol. The van der Waals surface area contributed by atoms with Gasteiger partial charge in [0.25, 0.3) is 0 Å². The molecule has 0 spiro atoms. The largest absolute Gasteiger partial charge is 0.481 e. The first-order chi connectivity index (χ1) is 17.2. The second-order valence-electron chi connectivity index (χ2n) is 14.9. The van der Waals surface area contributed by atoms with Gasteiger partial charge in [-0.1, -0.05) is 34.6 Å². The number of carbonyl (C=O) groups is 3. The molecular formula is C31H48O6. The lowest BCUT2D eigenvalue weighted by Crippen LogP contribution is -2.67. The molecule has 5 saturated carbocycles. The molecular weight excluding hydrogens is 468 g/mol. The van der Waals surface area contributed by atoms with Gasteiger partial charge in [-0.05, 0) is 104 Å². The number of hydrogen-bond donors (Lipinski definition) is 2. The van der Waals surface area contributed by atoms with E-state index < -0.39 is 18.0 Å². The highest BCUT2D eigenvalue weighted by atomic mass is 16.5. The van der Waals surface area contributed by atoms with Gasteiger partial charge < -0.3 is 14.9 Å². The third-order valence-electron chi connectivity index (χ3n) is 13.7. The molecule has 5 rings (SSSR count). The number of ketones is 1. The molecule has 5 aliphatic rings. The molecule has 0 amide bonds. The fraction of sp³-hybridized carbons (Fsp3) is 0.903. The summed E-state index contributed by atoms with van der Waals surface area (Å²) in [6.07, 6.45) is 8.78. The summed E-state index contributed by atoms with van der Waals surface area (Å²) in [6, 6.07) is 0. The molecule has 0 aromatic heterocycles. The Bertz CT molecular complexity index is 988. The van der Waals surface area contributed by atoms with E-state index in [0.717, 1.165) is 44.9 Å². The van der Waals surface area contributed by atoms with Gasteiger partial charge in [0.15, 0.2) is 5.78 Å². The zero-order valence-corrected chi connectivity index (χ0v) is 23.8. The van der Waals surface area contributed by atoms with Crippen molar-refractivity contribution in [2.75, 3.05) is 6.61 Å². The highest BCUT2D eigenvalue weighted by molar-refractivity contribution is 5.85. The first-order valence-electron chi connectivity index (χ1n) is 14.7. The molecule has 0 aromatic carbocycles. The van der Waals surface area contributed by atoms with E-state index in [1.807, 2.05) is 0 Å². The molecule has 0 saturated heterocycles. The van der Waals surface area contributed by atoms with Crippen LogP contribution in [0, 0.1) is 56.7 Å². The molecule has 37 heavy (non-hydrogen) atoms. The molecule has 5 fully saturated rings. The molecule has 6 heteroatoms. The fourth-order valence-electron chi connectivity index (χ4n) is 11.8. The van der Waals surface area contributed by atoms with Crippen LogP contribution in [0.4, 0.5) is 0 Å². The Morgan fingerprint density at radius 3 is 2.14 bits per heavy atom. The van der Waals surface area contributed by atoms with Crippen molar-refractivity contribution in [3.05, 3.63) is 0 Å². The highest BCUT2D eigenvalue weighted by Crippen LogP contribution is 2.77. The van der Waals surface area contributed by atoms with Crippen LogP contribution in [0.5, 0.6) is 0 Å². The molecule has 2 N–H and O–H groups in total. The van der Waals surface area contributed by atoms with Crippen molar-refractivity contribution in [1.82, 2.24) is 0 Å². The second kappa shape index (κ2) is 8.53. The SMILES string of the molecule is CC(=O)O[C@@H]1CC[C@@]2(C)C(CC[C@]3(C)C2CCC2C4[C@H](C(=O)CO)CC[C@]4(C(=O)O)CC[C@]23C)C1(C)C. The van der Waals surface area contributed by atoms with Crippen LogP contribution < -0.4 is 0 Å². The molecule has 0 aliphatic heterocycles. The van der Waals surface area contributed by atoms with E-state index >= 15 is 0 Å². The van der Waals surface area contributed by atoms with E-state index in [-0.39, 0.29) is 57.3 Å². The van der Waals surface area contributed by atoms with Crippen LogP contribution in [-0.4, -0.2) is 40.6 Å². The summed E-state index contributed by atoms with van der Waals surface area (Å²) in [6.45, 7) is 13.0. The third kappa shape index (κ3) is 3.42. The Hall–Kier alpha value is -1.43. The molecule has 0 aromatic rings. The van der Waals surface area contributed by atoms with E-state index in [4.69, 9.17) is 4.74 Å². The van der Waals surface area contributed by atoms with Crippen LogP contribution in [0.1, 0.15) is 106 Å². The first kappa shape index (κ1) is 27.1. The van der Waals surface area contributed by atoms with Crippen LogP contribution in [0.2, 0.25) is 0 Å². The van der Waals surface area contributed by atoms with Crippen molar-refractivity contribution in [1.29, 1.82) is 0 Å². The predicted octanol–water partition coefficient (Wildman–Crippen LogP) is 5.65. The maximum Gasteiger partial charge on any atom is 0.309 e. The lowest BCUT2D eigenvalue weighted by atomic mass is 9.32. The van der Waals surface area contributed by atoms with E-state index in [0.29, 0.717) is 31.1 Å². The summed E-state index contributed by atoms with van der Waals surface area (Å²) in [5.41, 5.74) is -0.756. The molecule has 4 unspecified atom stereocenters. The molecule has 0 radical (unpaired) electrons. The van der Waals surface area contributed by atoms with Crippen molar-refractivity contribution in [3.63, 3.8) is 0 Å². The summed E-state index contributed by atoms with van der Waals surface area (Å²) in [4.78, 5) is 37.6. The van der Waals surface area contributed by atoms with Crippen LogP contribution >= 0.6 is 0 Å². The average Bonchev–Trinajstić information content (AvgIpc) is 3.22. The van der Waals surface area contributed by atoms with E-state index in [1.165, 1.54) is 6.92 Å². The van der Waals surface area contributed by atoms with Gasteiger partial charge >= 0.3 is 11.9 Å². The van der Waals surface area contributed by atoms with Crippen LogP contribution in [-0.2, 0) is 19.1 Å². The Kier molecular flexibility index (Phi) is 6.26. The van der Waals surface area contributed by atoms with Crippen molar-refractivity contribution in [2.24, 2.45) is 56.7 Å². The van der Waals surface area contributed by atoms with Crippen LogP contribution in [0.15, 0.2) is 0 Å². The topological polar surface area (TPSA) is 101 Å². The Labute approximate surface area is 222 Å². The molecule has 6 nitrogen and oxygen atoms in total. The van der Waals surface area contributed by atoms with E-state index in [2.05, 4.69) is 34.6 Å². The van der Waals surface area contributed by atoms with Gasteiger partial charge in [0.2, 0.25) is 0 Å². The number of rotatable bonds is 4. The van der Waals surface area contributed by atoms with Crippen molar-refractivity contribution in [2.45, 2.75) is 112 Å². The molecule has 208 valence electrons. The molecule has 0 bridgehead atoms. The van der Waals surface area contributed by atoms with Crippen molar-refractivity contribution < 1.29 is 29.3 Å². The summed E-state index contributed by atoms with van der Waals surface area (Å²) in [5, 5.41) is 20.2. The van der Waals surface area contributed by atoms with Gasteiger partial charge in [0.1, 0.15) is 12.7 Å². The van der Waals surface area contributed by atoms with Crippen LogP contribution in [0.3, 0.4) is 0 Å². The highest BCUT2D eigenvalue weighted by Gasteiger charge is 2.72. The second-order valence-corrected chi connectivity index (χ2v) is 14.9. The predicted molar refractivity (Wildman–Crippen MR) is 139 cm³/mol. The standard InChI is InChI=1S/C31H48O6/c1-18(33)37-24-11-12-28(4)22(27(24,2)3)10-13-30(6)23(28)8-7-20-25-19(21(34)17-32)9-14-31(25,26(35)36)16-15-29(20,30)5/h19-20,22-25,32H,7-17H2,1-6H3,(H,35,36)/t19-,20?,22?,23?,24+,25?,28-,29+,30+,31-/m0/s1. The minimum absolute atomic E-state index is 0.0390. The molecule has 5 aliphatic carbocycles. The Morgan fingerprint density at radius 1 is 0.811 bits per heavy atom. The Morgan fingerprint density at radius 2 is 1.51 bits per heavy atom. The van der Waals surface area contributed by atoms with Gasteiger partial charge in [-0.2, -0.15) is 0 Å². The lowest BCUT2D eigenvalue weighted by Gasteiger charge is -2.72. The minimum Gasteiger partial charge on any atom is -0.481 e. The quantitative estimate of drug-likeness (QED) is 0.469. The van der Waals surface area contributed by atoms with Gasteiger partial charge in [0, 0.05) is 18.3 Å². The van der Waals surface area contributed by atoms with Gasteiger partial charge in [-0.15, -0.1) is 0 Å². The zero-order chi connectivity index (χ0) is 27.2. The number of Topliss-reactive ketones (excluding diaryl/α,β-unsaturated/α-hetero) is 1. The zero-order valence-electron chi connectivity index (χ0n) is 23.8. The van der Waals surface area contributed by atoms with Crippen molar-refractivity contribution in [3.8, 4) is 0 Å². The molecule has 10 atom stereocenters. The summed E-state index contributed by atoms with van der Waals surface area (Å²) >= 11 is 0. The van der Waals surface area contributed by atoms with Gasteiger partial charge in [-0.25, -0.2) is 0 Å². The maximum absolute atomic E-state index is 12.9. The van der Waals surface area contributed by atoms with Gasteiger partial charge in [0.05, 0.1) is 5.41 Å². The number of carboxylic acids is 1. The number of carboxylic acid groups (broad SMARTS) is 1. The minimum atomic E-state index is -0.825. The lowest BCUT2D eigenvalue weighted by molar-refractivity contribution is -0.250. The smallest absolute Gasteiger partial charge is 0.309 e. The number of aliphatic hydroxyl groups excluding tert-OH is 1. The molecule has 0 heterocycles. The number of aliphatic hydroxyl groups is 1. The number of fused-ring (bicyclic) bond motifs is 7. The van der Waals surface area contributed by atoms with Crippen LogP contribution in [0.25, 0.3) is 0 Å². The number of esters is 1. The number of ether oxygens (including phenoxy) is 1. The number of hydrogen-bond acceptors (Lipinski definition) is 5. The maximum atomic E-state index is 12.9. The number of carbonyl (C=O) groups excluding carboxylic acids is 2. The van der Waals surface area contributed by atoms with E-state index in [1.54, 1.807) is 0 Å². The average molecular weight is 517 g/mol. The Balaban J connectivity index is 1.52. The summed E-state index contributed by atoms with van der Waals surface area (Å²) < 4.78 is 5.85.